The average Bonchev–Trinajstić information content (AvgIpc) is 3.08. The fraction of sp³-hybridized carbons (Fsp3) is 0.520. The van der Waals surface area contributed by atoms with E-state index in [2.05, 4.69) is 53.8 Å². The van der Waals surface area contributed by atoms with Crippen molar-refractivity contribution >= 4 is 10.0 Å². The summed E-state index contributed by atoms with van der Waals surface area (Å²) in [6.07, 6.45) is 2.97. The van der Waals surface area contributed by atoms with Gasteiger partial charge in [-0.25, -0.2) is 13.1 Å². The molecule has 1 fully saturated rings. The van der Waals surface area contributed by atoms with Gasteiger partial charge >= 0.3 is 0 Å². The summed E-state index contributed by atoms with van der Waals surface area (Å²) in [5.41, 5.74) is 2.20. The van der Waals surface area contributed by atoms with Gasteiger partial charge in [0.05, 0.1) is 12.4 Å². The zero-order valence-electron chi connectivity index (χ0n) is 19.0. The largest absolute Gasteiger partial charge is 0.490 e. The highest BCUT2D eigenvalue weighted by Crippen LogP contribution is 2.41. The van der Waals surface area contributed by atoms with Gasteiger partial charge in [-0.15, -0.1) is 0 Å². The Morgan fingerprint density at radius 2 is 1.84 bits per heavy atom. The molecule has 32 heavy (non-hydrogen) atoms. The standard InChI is InChI=1S/C25H34N2O4S/c1-25(2)18-21-10-6-11-23(24(21)31-25)30-16-7-17-32(28,29)26-22-12-14-27(15-13-22)19-20-8-4-3-5-9-20/h3-6,8-11,22,26H,7,12-19H2,1-2H3. The van der Waals surface area contributed by atoms with Crippen LogP contribution >= 0.6 is 0 Å². The number of rotatable bonds is 9. The Morgan fingerprint density at radius 3 is 2.59 bits per heavy atom. The lowest BCUT2D eigenvalue weighted by Crippen LogP contribution is -2.45. The number of hydrogen-bond acceptors (Lipinski definition) is 5. The highest BCUT2D eigenvalue weighted by molar-refractivity contribution is 7.89. The molecule has 0 aliphatic carbocycles. The molecule has 2 aromatic rings. The number of hydrogen-bond donors (Lipinski definition) is 1. The number of likely N-dealkylation sites (tertiary alicyclic amines) is 1. The first-order valence-corrected chi connectivity index (χ1v) is 13.1. The predicted molar refractivity (Wildman–Crippen MR) is 127 cm³/mol. The van der Waals surface area contributed by atoms with Crippen molar-refractivity contribution in [2.45, 2.75) is 57.7 Å². The van der Waals surface area contributed by atoms with E-state index in [0.717, 1.165) is 50.2 Å². The van der Waals surface area contributed by atoms with E-state index in [1.165, 1.54) is 5.56 Å². The van der Waals surface area contributed by atoms with Crippen LogP contribution in [-0.2, 0) is 23.0 Å². The normalized spacial score (nSPS) is 18.8. The van der Waals surface area contributed by atoms with Crippen molar-refractivity contribution in [3.8, 4) is 11.5 Å². The minimum atomic E-state index is -3.32. The number of ether oxygens (including phenoxy) is 2. The van der Waals surface area contributed by atoms with Crippen LogP contribution in [0.4, 0.5) is 0 Å². The van der Waals surface area contributed by atoms with Gasteiger partial charge in [0, 0.05) is 37.7 Å². The maximum Gasteiger partial charge on any atom is 0.211 e. The summed E-state index contributed by atoms with van der Waals surface area (Å²) in [4.78, 5) is 2.38. The van der Waals surface area contributed by atoms with Crippen LogP contribution in [0.5, 0.6) is 11.5 Å². The molecular weight excluding hydrogens is 424 g/mol. The average molecular weight is 459 g/mol. The first-order chi connectivity index (χ1) is 15.3. The molecule has 1 N–H and O–H groups in total. The van der Waals surface area contributed by atoms with Crippen LogP contribution in [-0.4, -0.2) is 50.4 Å². The second-order valence-corrected chi connectivity index (χ2v) is 11.3. The minimum absolute atomic E-state index is 0.0148. The van der Waals surface area contributed by atoms with E-state index >= 15 is 0 Å². The molecule has 0 saturated carbocycles. The van der Waals surface area contributed by atoms with Gasteiger partial charge in [0.25, 0.3) is 0 Å². The van der Waals surface area contributed by atoms with Crippen molar-refractivity contribution in [3.63, 3.8) is 0 Å². The molecule has 6 nitrogen and oxygen atoms in total. The number of nitrogens with one attached hydrogen (secondary N) is 1. The molecule has 0 bridgehead atoms. The molecule has 4 rings (SSSR count). The summed E-state index contributed by atoms with van der Waals surface area (Å²) < 4.78 is 39.9. The van der Waals surface area contributed by atoms with Gasteiger partial charge in [0.2, 0.25) is 10.0 Å². The minimum Gasteiger partial charge on any atom is -0.490 e. The van der Waals surface area contributed by atoms with Crippen molar-refractivity contribution in [1.29, 1.82) is 0 Å². The molecule has 0 spiro atoms. The van der Waals surface area contributed by atoms with Crippen molar-refractivity contribution in [3.05, 3.63) is 59.7 Å². The summed E-state index contributed by atoms with van der Waals surface area (Å²) in [6, 6.07) is 16.3. The first kappa shape index (κ1) is 23.1. The summed E-state index contributed by atoms with van der Waals surface area (Å²) >= 11 is 0. The lowest BCUT2D eigenvalue weighted by atomic mass is 10.0. The summed E-state index contributed by atoms with van der Waals surface area (Å²) in [7, 11) is -3.32. The van der Waals surface area contributed by atoms with Gasteiger partial charge in [-0.3, -0.25) is 4.90 Å². The predicted octanol–water partition coefficient (Wildman–Crippen LogP) is 3.75. The Hall–Kier alpha value is -2.09. The number of piperidine rings is 1. The maximum atomic E-state index is 12.6. The van der Waals surface area contributed by atoms with Gasteiger partial charge in [0.1, 0.15) is 5.60 Å². The SMILES string of the molecule is CC1(C)Cc2cccc(OCCCS(=O)(=O)NC3CCN(Cc4ccccc4)CC3)c2O1. The molecule has 2 aromatic carbocycles. The molecule has 2 heterocycles. The molecule has 7 heteroatoms. The van der Waals surface area contributed by atoms with Crippen LogP contribution in [0.1, 0.15) is 44.2 Å². The Kier molecular flexibility index (Phi) is 7.08. The van der Waals surface area contributed by atoms with Crippen molar-refractivity contribution in [2.75, 3.05) is 25.4 Å². The molecule has 0 aromatic heterocycles. The van der Waals surface area contributed by atoms with Gasteiger partial charge in [-0.2, -0.15) is 0 Å². The van der Waals surface area contributed by atoms with E-state index in [4.69, 9.17) is 9.47 Å². The number of para-hydroxylation sites is 1. The topological polar surface area (TPSA) is 67.9 Å². The van der Waals surface area contributed by atoms with Crippen LogP contribution < -0.4 is 14.2 Å². The van der Waals surface area contributed by atoms with Crippen LogP contribution in [0, 0.1) is 0 Å². The second kappa shape index (κ2) is 9.81. The van der Waals surface area contributed by atoms with Gasteiger partial charge in [-0.05, 0) is 44.7 Å². The molecule has 0 atom stereocenters. The fourth-order valence-electron chi connectivity index (χ4n) is 4.50. The molecule has 174 valence electrons. The highest BCUT2D eigenvalue weighted by atomic mass is 32.2. The molecule has 1 saturated heterocycles. The third-order valence-corrected chi connectivity index (χ3v) is 7.57. The van der Waals surface area contributed by atoms with E-state index in [1.807, 2.05) is 18.2 Å². The number of nitrogens with zero attached hydrogens (tertiary/aromatic N) is 1. The van der Waals surface area contributed by atoms with Gasteiger partial charge < -0.3 is 9.47 Å². The summed E-state index contributed by atoms with van der Waals surface area (Å²) in [5, 5.41) is 0. The summed E-state index contributed by atoms with van der Waals surface area (Å²) in [6.45, 7) is 7.18. The van der Waals surface area contributed by atoms with Crippen LogP contribution in [0.2, 0.25) is 0 Å². The quantitative estimate of drug-likeness (QED) is 0.580. The number of benzene rings is 2. The zero-order valence-corrected chi connectivity index (χ0v) is 19.9. The lowest BCUT2D eigenvalue weighted by Gasteiger charge is -2.32. The number of sulfonamides is 1. The molecule has 2 aliphatic rings. The Labute approximate surface area is 192 Å². The molecule has 0 radical (unpaired) electrons. The summed E-state index contributed by atoms with van der Waals surface area (Å²) in [5.74, 6) is 1.56. The third kappa shape index (κ3) is 6.24. The maximum absolute atomic E-state index is 12.6. The zero-order chi connectivity index (χ0) is 22.6. The Balaban J connectivity index is 1.18. The second-order valence-electron chi connectivity index (χ2n) is 9.46. The molecular formula is C25H34N2O4S. The van der Waals surface area contributed by atoms with E-state index in [9.17, 15) is 8.42 Å². The smallest absolute Gasteiger partial charge is 0.211 e. The van der Waals surface area contributed by atoms with E-state index < -0.39 is 10.0 Å². The van der Waals surface area contributed by atoms with E-state index in [1.54, 1.807) is 0 Å². The third-order valence-electron chi connectivity index (χ3n) is 6.05. The van der Waals surface area contributed by atoms with Crippen LogP contribution in [0.15, 0.2) is 48.5 Å². The van der Waals surface area contributed by atoms with Crippen LogP contribution in [0.3, 0.4) is 0 Å². The number of fused-ring (bicyclic) bond motifs is 1. The highest BCUT2D eigenvalue weighted by Gasteiger charge is 2.32. The van der Waals surface area contributed by atoms with E-state index in [-0.39, 0.29) is 17.4 Å². The lowest BCUT2D eigenvalue weighted by molar-refractivity contribution is 0.132. The van der Waals surface area contributed by atoms with Gasteiger partial charge in [-0.1, -0.05) is 42.5 Å². The molecule has 0 amide bonds. The van der Waals surface area contributed by atoms with Crippen LogP contribution in [0.25, 0.3) is 0 Å². The van der Waals surface area contributed by atoms with Crippen molar-refractivity contribution in [2.24, 2.45) is 0 Å². The Morgan fingerprint density at radius 1 is 1.09 bits per heavy atom. The van der Waals surface area contributed by atoms with Crippen molar-refractivity contribution < 1.29 is 17.9 Å². The molecule has 2 aliphatic heterocycles. The first-order valence-electron chi connectivity index (χ1n) is 11.5. The monoisotopic (exact) mass is 458 g/mol. The van der Waals surface area contributed by atoms with Gasteiger partial charge in [0.15, 0.2) is 11.5 Å². The molecule has 0 unspecified atom stereocenters. The Bertz CT molecular complexity index is 1000. The van der Waals surface area contributed by atoms with Crippen molar-refractivity contribution in [1.82, 2.24) is 9.62 Å². The van der Waals surface area contributed by atoms with E-state index in [0.29, 0.717) is 18.8 Å². The fourth-order valence-corrected chi connectivity index (χ4v) is 5.85.